The summed E-state index contributed by atoms with van der Waals surface area (Å²) >= 11 is -2.96. The Morgan fingerprint density at radius 2 is 1.00 bits per heavy atom. The first-order valence-corrected chi connectivity index (χ1v) is 4.85. The van der Waals surface area contributed by atoms with Crippen LogP contribution in [0.4, 0.5) is 0 Å². The van der Waals surface area contributed by atoms with Crippen molar-refractivity contribution < 1.29 is 25.7 Å². The van der Waals surface area contributed by atoms with Crippen molar-refractivity contribution in [3.8, 4) is 0 Å². The third-order valence-electron chi connectivity index (χ3n) is 0.787. The molecule has 6 nitrogen and oxygen atoms in total. The Kier molecular flexibility index (Phi) is 9.67. The van der Waals surface area contributed by atoms with Gasteiger partial charge in [0.2, 0.25) is 0 Å². The van der Waals surface area contributed by atoms with Crippen molar-refractivity contribution >= 4 is 62.6 Å². The summed E-state index contributed by atoms with van der Waals surface area (Å²) < 4.78 is 13.5. The molecule has 8 heteroatoms. The molecule has 0 unspecified atom stereocenters. The number of hydrogen-bond acceptors (Lipinski definition) is 6. The van der Waals surface area contributed by atoms with Crippen molar-refractivity contribution in [3.05, 3.63) is 0 Å². The summed E-state index contributed by atoms with van der Waals surface area (Å²) in [5.74, 6) is -1.96. The van der Waals surface area contributed by atoms with E-state index in [0.29, 0.717) is 0 Å². The van der Waals surface area contributed by atoms with Gasteiger partial charge in [-0.05, 0) is 0 Å². The van der Waals surface area contributed by atoms with Gasteiger partial charge in [-0.15, -0.1) is 0 Å². The minimum absolute atomic E-state index is 0. The van der Waals surface area contributed by atoms with Crippen molar-refractivity contribution in [1.82, 2.24) is 0 Å². The first-order valence-electron chi connectivity index (χ1n) is 3.43. The van der Waals surface area contributed by atoms with Crippen molar-refractivity contribution in [2.75, 3.05) is 0 Å². The van der Waals surface area contributed by atoms with Crippen LogP contribution in [0.5, 0.6) is 0 Å². The molecule has 0 saturated heterocycles. The van der Waals surface area contributed by atoms with E-state index in [1.807, 2.05) is 0 Å². The summed E-state index contributed by atoms with van der Waals surface area (Å²) in [6, 6.07) is 0. The van der Waals surface area contributed by atoms with E-state index in [2.05, 4.69) is 11.4 Å². The molecule has 0 rings (SSSR count). The van der Waals surface area contributed by atoms with Crippen molar-refractivity contribution in [2.24, 2.45) is 0 Å². The van der Waals surface area contributed by atoms with Gasteiger partial charge in [0.05, 0.1) is 0 Å². The number of carbonyl (C=O) groups excluding carboxylic acids is 3. The van der Waals surface area contributed by atoms with Crippen LogP contribution in [0, 0.1) is 0 Å². The Hall–Kier alpha value is -0.0575. The predicted octanol–water partition coefficient (Wildman–Crippen LogP) is -0.988. The van der Waals surface area contributed by atoms with Gasteiger partial charge >= 0.3 is 44.7 Å². The molecular weight excluding hydrogens is 218 g/mol. The molecule has 0 heterocycles. The van der Waals surface area contributed by atoms with Crippen molar-refractivity contribution in [2.45, 2.75) is 20.8 Å². The van der Waals surface area contributed by atoms with Gasteiger partial charge in [0.25, 0.3) is 17.9 Å². The molecule has 0 aliphatic carbocycles. The Morgan fingerprint density at radius 1 is 0.786 bits per heavy atom. The van der Waals surface area contributed by atoms with E-state index in [0.717, 1.165) is 20.8 Å². The van der Waals surface area contributed by atoms with Crippen LogP contribution in [-0.4, -0.2) is 62.6 Å². The quantitative estimate of drug-likeness (QED) is 0.577. The molecule has 0 spiro atoms. The van der Waals surface area contributed by atoms with Crippen molar-refractivity contribution in [3.63, 3.8) is 0 Å². The second-order valence-corrected chi connectivity index (χ2v) is 3.40. The summed E-state index contributed by atoms with van der Waals surface area (Å²) in [5, 5.41) is 0. The van der Waals surface area contributed by atoms with E-state index in [1.165, 1.54) is 0 Å². The molecule has 74 valence electrons. The Bertz CT molecular complexity index is 192. The van der Waals surface area contributed by atoms with E-state index in [9.17, 15) is 14.4 Å². The van der Waals surface area contributed by atoms with Crippen molar-refractivity contribution in [1.29, 1.82) is 0 Å². The standard InChI is InChI=1S/3C2H4O2.Al.Na.H/c3*1-2(3)4;;;/h3*1H3,(H,3,4);;;/q;;;+3;;/p-3. The van der Waals surface area contributed by atoms with Crippen LogP contribution < -0.4 is 0 Å². The second kappa shape index (κ2) is 8.27. The van der Waals surface area contributed by atoms with E-state index in [4.69, 9.17) is 0 Å². The van der Waals surface area contributed by atoms with Crippen LogP contribution in [-0.2, 0) is 25.7 Å². The molecule has 0 atom stereocenters. The number of hydrogen-bond donors (Lipinski definition) is 0. The van der Waals surface area contributed by atoms with Gasteiger partial charge in [0.1, 0.15) is 0 Å². The predicted molar refractivity (Wildman–Crippen MR) is 48.2 cm³/mol. The van der Waals surface area contributed by atoms with E-state index < -0.39 is 33.1 Å². The Morgan fingerprint density at radius 3 is 1.14 bits per heavy atom. The van der Waals surface area contributed by atoms with Crippen LogP contribution in [0.2, 0.25) is 0 Å². The molecule has 0 amide bonds. The zero-order valence-corrected chi connectivity index (χ0v) is 8.68. The molecule has 0 aromatic carbocycles. The van der Waals surface area contributed by atoms with Gasteiger partial charge in [-0.2, -0.15) is 0 Å². The summed E-state index contributed by atoms with van der Waals surface area (Å²) in [6.45, 7) is 3.40. The third kappa shape index (κ3) is 10.0. The molecular formula is C6H10AlNaO6. The van der Waals surface area contributed by atoms with Gasteiger partial charge in [0, 0.05) is 20.8 Å². The molecule has 0 fully saturated rings. The fraction of sp³-hybridized carbons (Fsp3) is 0.500. The van der Waals surface area contributed by atoms with E-state index >= 15 is 0 Å². The Balaban J connectivity index is 0. The molecule has 0 aromatic rings. The zero-order chi connectivity index (χ0) is 10.4. The average molecular weight is 228 g/mol. The summed E-state index contributed by atoms with van der Waals surface area (Å²) in [7, 11) is 0. The fourth-order valence-electron chi connectivity index (χ4n) is 0.479. The molecule has 0 radical (unpaired) electrons. The first-order chi connectivity index (χ1) is 5.91. The molecule has 14 heavy (non-hydrogen) atoms. The molecule has 0 aliphatic rings. The third-order valence-corrected chi connectivity index (χ3v) is 2.36. The Labute approximate surface area is 109 Å². The minimum atomic E-state index is -2.96. The van der Waals surface area contributed by atoms with Crippen LogP contribution >= 0.6 is 0 Å². The van der Waals surface area contributed by atoms with Crippen LogP contribution in [0.3, 0.4) is 0 Å². The second-order valence-electron chi connectivity index (χ2n) is 2.12. The topological polar surface area (TPSA) is 78.9 Å². The first kappa shape index (κ1) is 16.4. The van der Waals surface area contributed by atoms with Crippen LogP contribution in [0.1, 0.15) is 20.8 Å². The van der Waals surface area contributed by atoms with Gasteiger partial charge in [0.15, 0.2) is 0 Å². The summed E-state index contributed by atoms with van der Waals surface area (Å²) in [5.41, 5.74) is 0. The van der Waals surface area contributed by atoms with Gasteiger partial charge < -0.3 is 11.4 Å². The summed E-state index contributed by atoms with van der Waals surface area (Å²) in [6.07, 6.45) is 0. The normalized spacial score (nSPS) is 7.93. The zero-order valence-electron chi connectivity index (χ0n) is 7.53. The maximum atomic E-state index is 10.4. The molecule has 0 aliphatic heterocycles. The monoisotopic (exact) mass is 228 g/mol. The SMILES string of the molecule is CC(=O)[O][Al]([O]C(C)=O)[O]C(C)=O.[NaH]. The number of carbonyl (C=O) groups is 3. The molecule has 0 saturated carbocycles. The van der Waals surface area contributed by atoms with E-state index in [1.54, 1.807) is 0 Å². The molecule has 0 aromatic heterocycles. The number of rotatable bonds is 3. The maximum absolute atomic E-state index is 10.4. The summed E-state index contributed by atoms with van der Waals surface area (Å²) in [4.78, 5) is 31.3. The average Bonchev–Trinajstić information content (AvgIpc) is 1.80. The fourth-order valence-corrected chi connectivity index (χ4v) is 1.44. The molecule has 0 bridgehead atoms. The van der Waals surface area contributed by atoms with Crippen LogP contribution in [0.15, 0.2) is 0 Å². The van der Waals surface area contributed by atoms with Gasteiger partial charge in [-0.3, -0.25) is 14.4 Å². The molecule has 0 N–H and O–H groups in total. The van der Waals surface area contributed by atoms with Gasteiger partial charge in [-0.1, -0.05) is 0 Å². The van der Waals surface area contributed by atoms with Crippen LogP contribution in [0.25, 0.3) is 0 Å². The van der Waals surface area contributed by atoms with Gasteiger partial charge in [-0.25, -0.2) is 0 Å². The van der Waals surface area contributed by atoms with E-state index in [-0.39, 0.29) is 29.6 Å².